The van der Waals surface area contributed by atoms with E-state index in [9.17, 15) is 9.59 Å². The lowest BCUT2D eigenvalue weighted by Crippen LogP contribution is -2.38. The quantitative estimate of drug-likeness (QED) is 0.812. The van der Waals surface area contributed by atoms with Crippen LogP contribution in [0.4, 0.5) is 5.69 Å². The van der Waals surface area contributed by atoms with Crippen molar-refractivity contribution in [3.05, 3.63) is 35.3 Å². The highest BCUT2D eigenvalue weighted by Gasteiger charge is 2.21. The van der Waals surface area contributed by atoms with Crippen LogP contribution in [-0.4, -0.2) is 45.8 Å². The number of benzene rings is 1. The number of anilines is 1. The number of piperidine rings is 1. The largest absolute Gasteiger partial charge is 0.342 e. The molecule has 0 bridgehead atoms. The lowest BCUT2D eigenvalue weighted by Gasteiger charge is -2.30. The molecule has 1 aromatic carbocycles. The molecule has 1 fully saturated rings. The van der Waals surface area contributed by atoms with Crippen molar-refractivity contribution in [2.75, 3.05) is 24.2 Å². The molecule has 8 heteroatoms. The predicted molar refractivity (Wildman–Crippen MR) is 100 cm³/mol. The van der Waals surface area contributed by atoms with Crippen molar-refractivity contribution in [1.29, 1.82) is 0 Å². The summed E-state index contributed by atoms with van der Waals surface area (Å²) in [5.74, 6) is 0.878. The number of likely N-dealkylation sites (tertiary alicyclic amines) is 1. The molecule has 1 N–H and O–H groups in total. The minimum Gasteiger partial charge on any atom is -0.342 e. The van der Waals surface area contributed by atoms with E-state index in [2.05, 4.69) is 22.4 Å². The second-order valence-corrected chi connectivity index (χ2v) is 8.25. The first-order valence-electron chi connectivity index (χ1n) is 8.22. The summed E-state index contributed by atoms with van der Waals surface area (Å²) in [4.78, 5) is 26.3. The molecule has 0 aliphatic carbocycles. The molecule has 1 aliphatic heterocycles. The Labute approximate surface area is 155 Å². The first kappa shape index (κ1) is 17.9. The number of carbonyl (C=O) groups excluding carboxylic acids is 2. The normalized spacial score (nSPS) is 15.2. The fraction of sp³-hybridized carbons (Fsp3) is 0.412. The fourth-order valence-corrected chi connectivity index (χ4v) is 4.19. The van der Waals surface area contributed by atoms with Crippen molar-refractivity contribution in [2.45, 2.75) is 24.1 Å². The maximum absolute atomic E-state index is 12.2. The summed E-state index contributed by atoms with van der Waals surface area (Å²) < 4.78 is 0.636. The van der Waals surface area contributed by atoms with Gasteiger partial charge in [0, 0.05) is 18.8 Å². The van der Waals surface area contributed by atoms with E-state index in [0.717, 1.165) is 25.9 Å². The van der Waals surface area contributed by atoms with Gasteiger partial charge in [0.25, 0.3) is 5.91 Å². The van der Waals surface area contributed by atoms with Crippen molar-refractivity contribution in [2.24, 2.45) is 5.92 Å². The lowest BCUT2D eigenvalue weighted by molar-refractivity contribution is -0.129. The Morgan fingerprint density at radius 3 is 2.68 bits per heavy atom. The molecule has 0 atom stereocenters. The van der Waals surface area contributed by atoms with Crippen LogP contribution in [0.3, 0.4) is 0 Å². The molecule has 0 radical (unpaired) electrons. The maximum atomic E-state index is 12.2. The van der Waals surface area contributed by atoms with Gasteiger partial charge in [-0.1, -0.05) is 48.2 Å². The SMILES string of the molecule is CC1CCN(C(=O)CSc2nnc(C(=O)Nc3ccccc3)s2)CC1. The molecular formula is C17H20N4O2S2. The first-order chi connectivity index (χ1) is 12.1. The van der Waals surface area contributed by atoms with Crippen LogP contribution in [-0.2, 0) is 4.79 Å². The third kappa shape index (κ3) is 5.02. The number of amides is 2. The molecule has 132 valence electrons. The summed E-state index contributed by atoms with van der Waals surface area (Å²) >= 11 is 2.55. The highest BCUT2D eigenvalue weighted by Crippen LogP contribution is 2.24. The van der Waals surface area contributed by atoms with Crippen molar-refractivity contribution in [1.82, 2.24) is 15.1 Å². The van der Waals surface area contributed by atoms with Gasteiger partial charge in [0.05, 0.1) is 5.75 Å². The molecule has 1 aliphatic rings. The van der Waals surface area contributed by atoms with Crippen molar-refractivity contribution >= 4 is 40.6 Å². The molecule has 2 amide bonds. The number of aromatic nitrogens is 2. The Morgan fingerprint density at radius 2 is 1.96 bits per heavy atom. The Balaban J connectivity index is 1.50. The Bertz CT molecular complexity index is 727. The number of thioether (sulfide) groups is 1. The number of hydrogen-bond donors (Lipinski definition) is 1. The van der Waals surface area contributed by atoms with Crippen molar-refractivity contribution < 1.29 is 9.59 Å². The summed E-state index contributed by atoms with van der Waals surface area (Å²) in [7, 11) is 0. The number of carbonyl (C=O) groups is 2. The van der Waals surface area contributed by atoms with Gasteiger partial charge in [-0.25, -0.2) is 0 Å². The van der Waals surface area contributed by atoms with E-state index < -0.39 is 0 Å². The Hall–Kier alpha value is -1.93. The summed E-state index contributed by atoms with van der Waals surface area (Å²) in [5.41, 5.74) is 0.714. The topological polar surface area (TPSA) is 75.2 Å². The molecule has 25 heavy (non-hydrogen) atoms. The second kappa shape index (κ2) is 8.44. The maximum Gasteiger partial charge on any atom is 0.286 e. The third-order valence-electron chi connectivity index (χ3n) is 4.09. The standard InChI is InChI=1S/C17H20N4O2S2/c1-12-7-9-21(10-8-12)14(22)11-24-17-20-19-16(25-17)15(23)18-13-5-3-2-4-6-13/h2-6,12H,7-11H2,1H3,(H,18,23). The molecule has 2 aromatic rings. The number of nitrogens with one attached hydrogen (secondary N) is 1. The van der Waals surface area contributed by atoms with E-state index in [0.29, 0.717) is 26.7 Å². The van der Waals surface area contributed by atoms with E-state index in [4.69, 9.17) is 0 Å². The van der Waals surface area contributed by atoms with Gasteiger partial charge in [-0.05, 0) is 30.9 Å². The zero-order valence-corrected chi connectivity index (χ0v) is 15.6. The van der Waals surface area contributed by atoms with Crippen LogP contribution in [0.15, 0.2) is 34.7 Å². The predicted octanol–water partition coefficient (Wildman–Crippen LogP) is 3.14. The van der Waals surface area contributed by atoms with E-state index in [1.54, 1.807) is 0 Å². The number of nitrogens with zero attached hydrogens (tertiary/aromatic N) is 3. The molecule has 0 saturated carbocycles. The lowest BCUT2D eigenvalue weighted by atomic mass is 9.99. The van der Waals surface area contributed by atoms with Crippen LogP contribution in [0.2, 0.25) is 0 Å². The van der Waals surface area contributed by atoms with Gasteiger partial charge in [0.1, 0.15) is 0 Å². The average molecular weight is 377 g/mol. The van der Waals surface area contributed by atoms with E-state index in [1.807, 2.05) is 35.2 Å². The molecule has 0 unspecified atom stereocenters. The fourth-order valence-electron chi connectivity index (χ4n) is 2.54. The highest BCUT2D eigenvalue weighted by atomic mass is 32.2. The highest BCUT2D eigenvalue weighted by molar-refractivity contribution is 8.01. The van der Waals surface area contributed by atoms with Gasteiger partial charge in [-0.2, -0.15) is 0 Å². The average Bonchev–Trinajstić information content (AvgIpc) is 3.10. The Kier molecular flexibility index (Phi) is 6.04. The summed E-state index contributed by atoms with van der Waals surface area (Å²) in [6.45, 7) is 3.89. The molecular weight excluding hydrogens is 356 g/mol. The van der Waals surface area contributed by atoms with Gasteiger partial charge in [-0.3, -0.25) is 9.59 Å². The number of para-hydroxylation sites is 1. The number of hydrogen-bond acceptors (Lipinski definition) is 6. The summed E-state index contributed by atoms with van der Waals surface area (Å²) in [6.07, 6.45) is 2.14. The zero-order chi connectivity index (χ0) is 17.6. The molecule has 0 spiro atoms. The monoisotopic (exact) mass is 376 g/mol. The molecule has 1 aromatic heterocycles. The Morgan fingerprint density at radius 1 is 1.24 bits per heavy atom. The molecule has 6 nitrogen and oxygen atoms in total. The van der Waals surface area contributed by atoms with Crippen LogP contribution in [0.5, 0.6) is 0 Å². The number of rotatable bonds is 5. The first-order valence-corrected chi connectivity index (χ1v) is 10.0. The minimum atomic E-state index is -0.285. The van der Waals surface area contributed by atoms with Gasteiger partial charge >= 0.3 is 0 Å². The van der Waals surface area contributed by atoms with Crippen LogP contribution in [0.25, 0.3) is 0 Å². The summed E-state index contributed by atoms with van der Waals surface area (Å²) in [5, 5.41) is 11.0. The second-order valence-electron chi connectivity index (χ2n) is 6.05. The van der Waals surface area contributed by atoms with Crippen molar-refractivity contribution in [3.63, 3.8) is 0 Å². The van der Waals surface area contributed by atoms with Crippen LogP contribution < -0.4 is 5.32 Å². The van der Waals surface area contributed by atoms with Crippen molar-refractivity contribution in [3.8, 4) is 0 Å². The van der Waals surface area contributed by atoms with Gasteiger partial charge in [0.2, 0.25) is 10.9 Å². The smallest absolute Gasteiger partial charge is 0.286 e. The van der Waals surface area contributed by atoms with E-state index >= 15 is 0 Å². The molecule has 2 heterocycles. The zero-order valence-electron chi connectivity index (χ0n) is 14.0. The molecule has 3 rings (SSSR count). The van der Waals surface area contributed by atoms with Crippen LogP contribution >= 0.6 is 23.1 Å². The van der Waals surface area contributed by atoms with E-state index in [-0.39, 0.29) is 11.8 Å². The van der Waals surface area contributed by atoms with Crippen LogP contribution in [0.1, 0.15) is 29.6 Å². The van der Waals surface area contributed by atoms with Gasteiger partial charge in [0.15, 0.2) is 4.34 Å². The van der Waals surface area contributed by atoms with Gasteiger partial charge in [-0.15, -0.1) is 10.2 Å². The van der Waals surface area contributed by atoms with Gasteiger partial charge < -0.3 is 10.2 Å². The van der Waals surface area contributed by atoms with Crippen LogP contribution in [0, 0.1) is 5.92 Å². The van der Waals surface area contributed by atoms with E-state index in [1.165, 1.54) is 23.1 Å². The summed E-state index contributed by atoms with van der Waals surface area (Å²) in [6, 6.07) is 9.21. The third-order valence-corrected chi connectivity index (χ3v) is 6.13. The molecule has 1 saturated heterocycles. The minimum absolute atomic E-state index is 0.127.